The highest BCUT2D eigenvalue weighted by atomic mass is 16.5. The zero-order valence-corrected chi connectivity index (χ0v) is 18.4. The molecular weight excluding hydrogens is 396 g/mol. The maximum absolute atomic E-state index is 12.5. The second-order valence-corrected chi connectivity index (χ2v) is 8.05. The van der Waals surface area contributed by atoms with Crippen molar-refractivity contribution >= 4 is 17.8 Å². The Labute approximate surface area is 181 Å². The molecule has 0 saturated heterocycles. The number of hydrogen-bond donors (Lipinski definition) is 3. The quantitative estimate of drug-likeness (QED) is 0.590. The number of ether oxygens (including phenoxy) is 1. The van der Waals surface area contributed by atoms with Crippen LogP contribution >= 0.6 is 0 Å². The number of fused-ring (bicyclic) bond motifs is 3. The average molecular weight is 425 g/mol. The maximum Gasteiger partial charge on any atom is 0.341 e. The van der Waals surface area contributed by atoms with E-state index in [1.54, 1.807) is 18.0 Å². The Balaban J connectivity index is 2.26. The van der Waals surface area contributed by atoms with Gasteiger partial charge in [-0.05, 0) is 45.4 Å². The number of allylic oxidation sites excluding steroid dienone is 1. The summed E-state index contributed by atoms with van der Waals surface area (Å²) in [6, 6.07) is 5.46. The number of pyridine rings is 1. The molecule has 1 aromatic carbocycles. The number of nitrogens with zero attached hydrogens (tertiary/aromatic N) is 2. The highest BCUT2D eigenvalue weighted by Gasteiger charge is 2.27. The van der Waals surface area contributed by atoms with Gasteiger partial charge in [0, 0.05) is 53.5 Å². The number of hydrogen-bond acceptors (Lipinski definition) is 6. The van der Waals surface area contributed by atoms with Crippen molar-refractivity contribution in [3.63, 3.8) is 0 Å². The number of aromatic carboxylic acids is 1. The predicted octanol–water partition coefficient (Wildman–Crippen LogP) is 3.07. The van der Waals surface area contributed by atoms with Gasteiger partial charge in [-0.3, -0.25) is 9.47 Å². The molecule has 0 unspecified atom stereocenters. The summed E-state index contributed by atoms with van der Waals surface area (Å²) >= 11 is 0. The first-order valence-corrected chi connectivity index (χ1v) is 10.1. The molecule has 3 N–H and O–H groups in total. The number of carboxylic acid groups (broad SMARTS) is 1. The van der Waals surface area contributed by atoms with Crippen LogP contribution in [-0.4, -0.2) is 41.2 Å². The largest absolute Gasteiger partial charge is 0.496 e. The van der Waals surface area contributed by atoms with E-state index in [0.717, 1.165) is 16.7 Å². The first-order chi connectivity index (χ1) is 14.7. The monoisotopic (exact) mass is 424 g/mol. The molecule has 0 bridgehead atoms. The Morgan fingerprint density at radius 2 is 1.94 bits per heavy atom. The molecule has 0 fully saturated rings. The number of benzene rings is 1. The van der Waals surface area contributed by atoms with E-state index in [1.165, 1.54) is 18.5 Å². The van der Waals surface area contributed by atoms with Crippen molar-refractivity contribution in [2.24, 2.45) is 0 Å². The Bertz CT molecular complexity index is 1120. The summed E-state index contributed by atoms with van der Waals surface area (Å²) in [4.78, 5) is 24.0. The van der Waals surface area contributed by atoms with Crippen LogP contribution in [0.5, 0.6) is 5.75 Å². The van der Waals surface area contributed by atoms with E-state index in [-0.39, 0.29) is 17.6 Å². The fourth-order valence-electron chi connectivity index (χ4n) is 3.62. The molecule has 0 radical (unpaired) electrons. The molecule has 0 atom stereocenters. The summed E-state index contributed by atoms with van der Waals surface area (Å²) in [5, 5.41) is 22.5. The molecule has 31 heavy (non-hydrogen) atoms. The molecule has 8 heteroatoms. The fraction of sp³-hybridized carbons (Fsp3) is 0.348. The Morgan fingerprint density at radius 3 is 2.48 bits per heavy atom. The highest BCUT2D eigenvalue weighted by Crippen LogP contribution is 2.37. The molecule has 0 saturated carbocycles. The molecular formula is C23H28N4O4. The van der Waals surface area contributed by atoms with Crippen LogP contribution in [0.4, 0.5) is 0 Å². The minimum Gasteiger partial charge on any atom is -0.496 e. The summed E-state index contributed by atoms with van der Waals surface area (Å²) in [5.41, 5.74) is 3.00. The van der Waals surface area contributed by atoms with Crippen molar-refractivity contribution in [3.8, 4) is 17.0 Å². The summed E-state index contributed by atoms with van der Waals surface area (Å²) < 4.78 is 7.36. The predicted molar refractivity (Wildman–Crippen MR) is 122 cm³/mol. The zero-order valence-electron chi connectivity index (χ0n) is 18.4. The van der Waals surface area contributed by atoms with Crippen molar-refractivity contribution in [1.82, 2.24) is 9.99 Å². The fourth-order valence-corrected chi connectivity index (χ4v) is 3.62. The van der Waals surface area contributed by atoms with Crippen LogP contribution in [0.3, 0.4) is 0 Å². The van der Waals surface area contributed by atoms with Crippen LogP contribution in [0, 0.1) is 5.41 Å². The van der Waals surface area contributed by atoms with Crippen molar-refractivity contribution in [2.75, 3.05) is 12.1 Å². The van der Waals surface area contributed by atoms with Gasteiger partial charge < -0.3 is 25.6 Å². The van der Waals surface area contributed by atoms with Gasteiger partial charge in [0.2, 0.25) is 0 Å². The first kappa shape index (κ1) is 22.1. The van der Waals surface area contributed by atoms with E-state index in [1.807, 2.05) is 44.8 Å². The van der Waals surface area contributed by atoms with E-state index in [0.29, 0.717) is 23.6 Å². The second kappa shape index (κ2) is 8.67. The van der Waals surface area contributed by atoms with Gasteiger partial charge in [-0.1, -0.05) is 0 Å². The third-order valence-electron chi connectivity index (χ3n) is 5.21. The number of carboxylic acids is 1. The standard InChI is InChI=1S/C23H28N4O4/c1-13(2)25-10-16(9-24)18-6-15-11-26(14(3)4)27-12-19(23(29)30)21(28)8-20(27)17(15)7-22(18)31-5/h6-10,12-14,24-25H,11H2,1-5H3,(H,29,30)/b16-10+,24-9?. The average Bonchev–Trinajstić information content (AvgIpc) is 2.72. The van der Waals surface area contributed by atoms with E-state index in [2.05, 4.69) is 5.32 Å². The van der Waals surface area contributed by atoms with Gasteiger partial charge in [-0.25, -0.2) is 4.79 Å². The lowest BCUT2D eigenvalue weighted by Crippen LogP contribution is -2.44. The smallest absolute Gasteiger partial charge is 0.341 e. The molecule has 1 aliphatic heterocycles. The molecule has 2 heterocycles. The second-order valence-electron chi connectivity index (χ2n) is 8.05. The van der Waals surface area contributed by atoms with E-state index >= 15 is 0 Å². The topological polar surface area (TPSA) is 108 Å². The van der Waals surface area contributed by atoms with Crippen LogP contribution in [0.15, 0.2) is 35.4 Å². The summed E-state index contributed by atoms with van der Waals surface area (Å²) in [5.74, 6) is -0.681. The molecule has 0 amide bonds. The number of carbonyl (C=O) groups is 1. The third-order valence-corrected chi connectivity index (χ3v) is 5.21. The van der Waals surface area contributed by atoms with Gasteiger partial charge in [0.1, 0.15) is 11.3 Å². The van der Waals surface area contributed by atoms with E-state index in [4.69, 9.17) is 10.1 Å². The zero-order chi connectivity index (χ0) is 22.9. The lowest BCUT2D eigenvalue weighted by atomic mass is 9.94. The van der Waals surface area contributed by atoms with Crippen LogP contribution in [-0.2, 0) is 6.54 Å². The minimum absolute atomic E-state index is 0.0574. The Morgan fingerprint density at radius 1 is 1.23 bits per heavy atom. The van der Waals surface area contributed by atoms with E-state index in [9.17, 15) is 14.7 Å². The maximum atomic E-state index is 12.5. The van der Waals surface area contributed by atoms with Gasteiger partial charge >= 0.3 is 5.97 Å². The van der Waals surface area contributed by atoms with Crippen molar-refractivity contribution < 1.29 is 14.6 Å². The van der Waals surface area contributed by atoms with Crippen LogP contribution in [0.25, 0.3) is 16.8 Å². The van der Waals surface area contributed by atoms with Crippen molar-refractivity contribution in [3.05, 3.63) is 57.5 Å². The lowest BCUT2D eigenvalue weighted by Gasteiger charge is -2.38. The molecule has 2 aromatic rings. The van der Waals surface area contributed by atoms with Gasteiger partial charge in [0.25, 0.3) is 0 Å². The molecule has 1 aromatic heterocycles. The molecule has 0 aliphatic carbocycles. The lowest BCUT2D eigenvalue weighted by molar-refractivity contribution is 0.0694. The van der Waals surface area contributed by atoms with Crippen LogP contribution in [0.1, 0.15) is 49.2 Å². The molecule has 164 valence electrons. The number of rotatable bonds is 7. The number of aromatic nitrogens is 1. The normalized spacial score (nSPS) is 13.1. The summed E-state index contributed by atoms with van der Waals surface area (Å²) in [6.07, 6.45) is 4.46. The van der Waals surface area contributed by atoms with Crippen LogP contribution in [0.2, 0.25) is 0 Å². The summed E-state index contributed by atoms with van der Waals surface area (Å²) in [6.45, 7) is 8.56. The molecule has 3 rings (SSSR count). The van der Waals surface area contributed by atoms with Crippen LogP contribution < -0.4 is 20.5 Å². The van der Waals surface area contributed by atoms with Crippen molar-refractivity contribution in [1.29, 1.82) is 5.41 Å². The molecule has 0 spiro atoms. The van der Waals surface area contributed by atoms with Gasteiger partial charge in [0.15, 0.2) is 5.43 Å². The Hall–Kier alpha value is -3.55. The first-order valence-electron chi connectivity index (χ1n) is 10.1. The third kappa shape index (κ3) is 4.19. The SMILES string of the molecule is COc1cc2c(cc1/C(C=N)=C/NC(C)C)CN(C(C)C)n1cc(C(=O)O)c(=O)cc1-2. The van der Waals surface area contributed by atoms with E-state index < -0.39 is 11.4 Å². The number of nitrogens with one attached hydrogen (secondary N) is 2. The van der Waals surface area contributed by atoms with Gasteiger partial charge in [-0.15, -0.1) is 0 Å². The van der Waals surface area contributed by atoms with Crippen molar-refractivity contribution in [2.45, 2.75) is 46.3 Å². The van der Waals surface area contributed by atoms with Gasteiger partial charge in [0.05, 0.1) is 19.3 Å². The number of methoxy groups -OCH3 is 1. The van der Waals surface area contributed by atoms with Gasteiger partial charge in [-0.2, -0.15) is 0 Å². The molecule has 8 nitrogen and oxygen atoms in total. The molecule has 1 aliphatic rings. The Kier molecular flexibility index (Phi) is 6.19. The minimum atomic E-state index is -1.25. The highest BCUT2D eigenvalue weighted by molar-refractivity contribution is 6.09. The summed E-state index contributed by atoms with van der Waals surface area (Å²) in [7, 11) is 1.56.